The van der Waals surface area contributed by atoms with Gasteiger partial charge >= 0.3 is 5.97 Å². The van der Waals surface area contributed by atoms with Crippen LogP contribution in [0.1, 0.15) is 100 Å². The number of hydrogen-bond acceptors (Lipinski definition) is 15. The third-order valence-corrected chi connectivity index (χ3v) is 14.3. The largest absolute Gasteiger partial charge is 0.497 e. The molecule has 21 nitrogen and oxygen atoms in total. The van der Waals surface area contributed by atoms with Crippen LogP contribution in [0.4, 0.5) is 11.4 Å². The highest BCUT2D eigenvalue weighted by Gasteiger charge is 2.53. The van der Waals surface area contributed by atoms with E-state index >= 15 is 0 Å². The van der Waals surface area contributed by atoms with Crippen molar-refractivity contribution in [1.29, 1.82) is 0 Å². The molecular weight excluding hydrogens is 1060 g/mol. The van der Waals surface area contributed by atoms with Crippen LogP contribution in [0.15, 0.2) is 127 Å². The van der Waals surface area contributed by atoms with Gasteiger partial charge in [0.1, 0.15) is 41.6 Å². The van der Waals surface area contributed by atoms with E-state index < -0.39 is 57.3 Å². The minimum atomic E-state index is -3.49. The summed E-state index contributed by atoms with van der Waals surface area (Å²) in [4.78, 5) is 81.6. The highest BCUT2D eigenvalue weighted by atomic mass is 32.2. The summed E-state index contributed by atoms with van der Waals surface area (Å²) >= 11 is 0. The molecule has 1 spiro atoms. The molecule has 424 valence electrons. The van der Waals surface area contributed by atoms with Crippen LogP contribution in [-0.2, 0) is 65.3 Å². The second kappa shape index (κ2) is 25.8. The topological polar surface area (TPSA) is 307 Å². The van der Waals surface area contributed by atoms with Crippen molar-refractivity contribution in [3.8, 4) is 17.2 Å². The van der Waals surface area contributed by atoms with E-state index in [1.54, 1.807) is 72.8 Å². The lowest BCUT2D eigenvalue weighted by Gasteiger charge is -2.36. The van der Waals surface area contributed by atoms with Crippen molar-refractivity contribution < 1.29 is 51.4 Å². The monoisotopic (exact) mass is 1120 g/mol. The zero-order valence-electron chi connectivity index (χ0n) is 45.4. The van der Waals surface area contributed by atoms with Crippen molar-refractivity contribution in [2.24, 2.45) is 5.92 Å². The van der Waals surface area contributed by atoms with E-state index in [1.165, 1.54) is 30.1 Å². The van der Waals surface area contributed by atoms with E-state index in [9.17, 15) is 37.2 Å². The van der Waals surface area contributed by atoms with Crippen LogP contribution in [0.5, 0.6) is 17.2 Å². The van der Waals surface area contributed by atoms with Crippen molar-refractivity contribution in [2.45, 2.75) is 95.6 Å². The number of rotatable bonds is 25. The Morgan fingerprint density at radius 1 is 0.753 bits per heavy atom. The van der Waals surface area contributed by atoms with Crippen molar-refractivity contribution in [3.63, 3.8) is 0 Å². The predicted octanol–water partition coefficient (Wildman–Crippen LogP) is 5.17. The number of unbranched alkanes of at least 4 members (excludes halogenated alkanes) is 2. The first-order valence-corrected chi connectivity index (χ1v) is 28.5. The summed E-state index contributed by atoms with van der Waals surface area (Å²) in [5.41, 5.74) is 15.8. The molecule has 0 bridgehead atoms. The fourth-order valence-corrected chi connectivity index (χ4v) is 10.2. The summed E-state index contributed by atoms with van der Waals surface area (Å²) in [6.45, 7) is 3.93. The lowest BCUT2D eigenvalue weighted by molar-refractivity contribution is -0.132. The standard InChI is InChI=1S/C59H66N10O11S/c1-36(2)27-42(24-26-81(4,76)77)64-56(73)50(28-37-11-7-5-8-12-37)66-57(74)49(29-38-14-19-44(78-3)20-15-38)65-54(71)35-69-34-43(67-68-69)33-63-53(70)13-9-6-10-25-62-55(72)39-16-21-46-45(30-39)58(75)80-59(46)47-22-17-40(60)31-51(47)79-52-32-41(61)18-23-48(52)59/h5,7-8,11-12,14-24,26,30-32,34,36,42,49-50H,6,9-10,13,25,27-29,33,35,60-61H2,1-4H3,(H,62,72)(H,63,70)(H,64,73)(H,65,71)(H,66,74)/b26-24+/t42-,49+,50+/m1/s1. The number of amides is 5. The Kier molecular flexibility index (Phi) is 18.5. The highest BCUT2D eigenvalue weighted by Crippen LogP contribution is 2.56. The summed E-state index contributed by atoms with van der Waals surface area (Å²) < 4.78 is 42.9. The maximum Gasteiger partial charge on any atom is 0.340 e. The van der Waals surface area contributed by atoms with Crippen LogP contribution in [0.2, 0.25) is 0 Å². The normalized spacial score (nSPS) is 14.1. The number of nitrogen functional groups attached to an aromatic ring is 2. The number of ether oxygens (including phenoxy) is 3. The Bertz CT molecular complexity index is 3390. The Morgan fingerprint density at radius 3 is 2.05 bits per heavy atom. The Balaban J connectivity index is 0.813. The molecule has 3 heterocycles. The van der Waals surface area contributed by atoms with Crippen molar-refractivity contribution in [3.05, 3.63) is 172 Å². The van der Waals surface area contributed by atoms with E-state index in [4.69, 9.17) is 25.7 Å². The number of fused-ring (bicyclic) bond motifs is 6. The van der Waals surface area contributed by atoms with Gasteiger partial charge in [0.2, 0.25) is 23.6 Å². The molecule has 22 heteroatoms. The summed E-state index contributed by atoms with van der Waals surface area (Å²) in [5.74, 6) is -1.43. The molecule has 0 unspecified atom stereocenters. The number of carbonyl (C=O) groups excluding carboxylic acids is 6. The molecule has 6 aromatic rings. The van der Waals surface area contributed by atoms with Crippen LogP contribution >= 0.6 is 0 Å². The number of hydrogen-bond donors (Lipinski definition) is 7. The lowest BCUT2D eigenvalue weighted by Crippen LogP contribution is -2.56. The van der Waals surface area contributed by atoms with E-state index in [2.05, 4.69) is 36.9 Å². The predicted molar refractivity (Wildman–Crippen MR) is 302 cm³/mol. The van der Waals surface area contributed by atoms with Crippen molar-refractivity contribution >= 4 is 56.7 Å². The van der Waals surface area contributed by atoms with E-state index in [1.807, 2.05) is 44.2 Å². The summed E-state index contributed by atoms with van der Waals surface area (Å²) in [6, 6.07) is 28.3. The molecule has 0 fully saturated rings. The molecule has 0 saturated carbocycles. The third kappa shape index (κ3) is 15.0. The molecule has 0 radical (unpaired) electrons. The van der Waals surface area contributed by atoms with Crippen LogP contribution in [0, 0.1) is 5.92 Å². The first-order valence-electron chi connectivity index (χ1n) is 26.5. The van der Waals surface area contributed by atoms with Gasteiger partial charge < -0.3 is 52.3 Å². The van der Waals surface area contributed by atoms with E-state index in [0.29, 0.717) is 88.8 Å². The fraction of sp³-hybridized carbons (Fsp3) is 0.322. The molecular formula is C59H66N10O11S. The smallest absolute Gasteiger partial charge is 0.340 e. The number of nitrogens with two attached hydrogens (primary N) is 2. The van der Waals surface area contributed by atoms with Crippen molar-refractivity contribution in [1.82, 2.24) is 41.6 Å². The molecule has 2 aliphatic rings. The van der Waals surface area contributed by atoms with Gasteiger partial charge in [0.05, 0.1) is 25.4 Å². The van der Waals surface area contributed by atoms with E-state index in [0.717, 1.165) is 17.2 Å². The van der Waals surface area contributed by atoms with Gasteiger partial charge in [-0.1, -0.05) is 80.1 Å². The SMILES string of the molecule is COc1ccc(C[C@H](NC(=O)Cn2cc(CNC(=O)CCCCCNC(=O)c3ccc4c(c3)C(=O)OC43c4ccc(N)cc4Oc4cc(N)ccc43)nn2)C(=O)N[C@@H](Cc2ccccc2)C(=O)N[C@H](/C=C/S(C)(=O)=O)CC(C)C)cc1. The molecule has 0 saturated heterocycles. The third-order valence-electron chi connectivity index (χ3n) is 13.6. The number of benzene rings is 5. The summed E-state index contributed by atoms with van der Waals surface area (Å²) in [5, 5.41) is 23.5. The maximum absolute atomic E-state index is 14.3. The molecule has 9 N–H and O–H groups in total. The zero-order chi connectivity index (χ0) is 57.8. The Morgan fingerprint density at radius 2 is 1.40 bits per heavy atom. The minimum absolute atomic E-state index is 0.0391. The van der Waals surface area contributed by atoms with Crippen LogP contribution in [-0.4, -0.2) is 97.0 Å². The summed E-state index contributed by atoms with van der Waals surface area (Å²) in [7, 11) is -1.96. The summed E-state index contributed by atoms with van der Waals surface area (Å²) in [6.07, 6.45) is 6.55. The number of esters is 1. The van der Waals surface area contributed by atoms with Gasteiger partial charge in [-0.05, 0) is 84.8 Å². The van der Waals surface area contributed by atoms with E-state index in [-0.39, 0.29) is 61.2 Å². The minimum Gasteiger partial charge on any atom is -0.497 e. The number of anilines is 2. The molecule has 5 aromatic carbocycles. The second-order valence-electron chi connectivity index (χ2n) is 20.5. The number of aromatic nitrogens is 3. The fourth-order valence-electron chi connectivity index (χ4n) is 9.71. The van der Waals surface area contributed by atoms with Gasteiger partial charge in [0.15, 0.2) is 15.4 Å². The highest BCUT2D eigenvalue weighted by molar-refractivity contribution is 7.93. The second-order valence-corrected chi connectivity index (χ2v) is 22.5. The quantitative estimate of drug-likeness (QED) is 0.0221. The molecule has 5 amide bonds. The molecule has 3 atom stereocenters. The number of nitrogens with one attached hydrogen (secondary N) is 5. The zero-order valence-corrected chi connectivity index (χ0v) is 46.2. The first kappa shape index (κ1) is 58.1. The number of carbonyl (C=O) groups is 6. The molecule has 81 heavy (non-hydrogen) atoms. The van der Waals surface area contributed by atoms with Gasteiger partial charge in [-0.25, -0.2) is 17.9 Å². The van der Waals surface area contributed by atoms with Crippen molar-refractivity contribution in [2.75, 3.05) is 31.4 Å². The van der Waals surface area contributed by atoms with Crippen LogP contribution in [0.25, 0.3) is 0 Å². The van der Waals surface area contributed by atoms with Gasteiger partial charge in [0.25, 0.3) is 5.91 Å². The van der Waals surface area contributed by atoms with Crippen LogP contribution < -0.4 is 47.5 Å². The number of nitrogens with zero attached hydrogens (tertiary/aromatic N) is 3. The average molecular weight is 1120 g/mol. The van der Waals surface area contributed by atoms with Gasteiger partial charge in [0, 0.05) is 89.3 Å². The lowest BCUT2D eigenvalue weighted by atomic mass is 9.77. The molecule has 2 aliphatic heterocycles. The Hall–Kier alpha value is -9.05. The Labute approximate surface area is 469 Å². The molecule has 0 aliphatic carbocycles. The first-order chi connectivity index (χ1) is 38.8. The molecule has 8 rings (SSSR count). The van der Waals surface area contributed by atoms with Gasteiger partial charge in [-0.2, -0.15) is 0 Å². The molecule has 1 aromatic heterocycles. The van der Waals surface area contributed by atoms with Gasteiger partial charge in [-0.15, -0.1) is 5.10 Å². The van der Waals surface area contributed by atoms with Crippen LogP contribution in [0.3, 0.4) is 0 Å². The average Bonchev–Trinajstić information content (AvgIpc) is 2.25. The number of sulfone groups is 1. The van der Waals surface area contributed by atoms with Gasteiger partial charge in [-0.3, -0.25) is 24.0 Å². The number of methoxy groups -OCH3 is 1. The maximum atomic E-state index is 14.3.